The van der Waals surface area contributed by atoms with Gasteiger partial charge in [0, 0.05) is 25.4 Å². The number of ether oxygens (including phenoxy) is 2. The number of benzene rings is 2. The summed E-state index contributed by atoms with van der Waals surface area (Å²) in [6, 6.07) is 12.9. The number of likely N-dealkylation sites (tertiary alicyclic amines) is 1. The molecule has 3 heterocycles. The van der Waals surface area contributed by atoms with Crippen molar-refractivity contribution in [2.24, 2.45) is 11.8 Å². The lowest BCUT2D eigenvalue weighted by Gasteiger charge is -2.37. The van der Waals surface area contributed by atoms with E-state index in [1.165, 1.54) is 6.08 Å². The maximum atomic E-state index is 14.7. The van der Waals surface area contributed by atoms with Crippen molar-refractivity contribution >= 4 is 34.2 Å². The van der Waals surface area contributed by atoms with Crippen LogP contribution in [0.15, 0.2) is 67.8 Å². The Labute approximate surface area is 235 Å². The first kappa shape index (κ1) is 28.1. The van der Waals surface area contributed by atoms with Crippen molar-refractivity contribution in [2.45, 2.75) is 56.3 Å². The van der Waals surface area contributed by atoms with Crippen LogP contribution in [0, 0.1) is 11.8 Å². The summed E-state index contributed by atoms with van der Waals surface area (Å²) in [6.07, 6.45) is 5.78. The van der Waals surface area contributed by atoms with Crippen molar-refractivity contribution in [3.63, 3.8) is 0 Å². The third-order valence-corrected chi connectivity index (χ3v) is 8.94. The largest absolute Gasteiger partial charge is 0.461 e. The molecule has 3 fully saturated rings. The molecule has 2 unspecified atom stereocenters. The number of amides is 2. The second kappa shape index (κ2) is 11.2. The average Bonchev–Trinajstić information content (AvgIpc) is 3.58. The molecular weight excluding hydrogens is 508 g/mol. The second-order valence-corrected chi connectivity index (χ2v) is 11.0. The number of carbonyl (C=O) groups excluding carboxylic acids is 3. The number of aliphatic hydroxyl groups is 1. The molecule has 40 heavy (non-hydrogen) atoms. The van der Waals surface area contributed by atoms with E-state index < -0.39 is 35.0 Å². The number of aliphatic hydroxyl groups excluding tert-OH is 1. The lowest BCUT2D eigenvalue weighted by atomic mass is 9.65. The van der Waals surface area contributed by atoms with Gasteiger partial charge in [0.15, 0.2) is 0 Å². The molecule has 0 saturated carbocycles. The first-order valence-electron chi connectivity index (χ1n) is 14.2. The van der Waals surface area contributed by atoms with Crippen molar-refractivity contribution < 1.29 is 29.0 Å². The molecule has 8 heteroatoms. The molecule has 3 saturated heterocycles. The van der Waals surface area contributed by atoms with Gasteiger partial charge in [-0.3, -0.25) is 14.4 Å². The molecule has 2 aromatic rings. The highest BCUT2D eigenvalue weighted by Crippen LogP contribution is 2.64. The average molecular weight is 547 g/mol. The van der Waals surface area contributed by atoms with Crippen LogP contribution in [-0.2, 0) is 23.9 Å². The normalized spacial score (nSPS) is 28.5. The Kier molecular flexibility index (Phi) is 7.84. The van der Waals surface area contributed by atoms with Gasteiger partial charge in [0.05, 0.1) is 11.5 Å². The van der Waals surface area contributed by atoms with Gasteiger partial charge in [0.1, 0.15) is 24.2 Å². The Bertz CT molecular complexity index is 1330. The molecule has 0 radical (unpaired) electrons. The van der Waals surface area contributed by atoms with Gasteiger partial charge in [-0.2, -0.15) is 0 Å². The second-order valence-electron chi connectivity index (χ2n) is 11.0. The highest BCUT2D eigenvalue weighted by atomic mass is 16.6. The highest BCUT2D eigenvalue weighted by molar-refractivity contribution is 6.05. The molecule has 2 bridgehead atoms. The minimum atomic E-state index is -1.14. The van der Waals surface area contributed by atoms with E-state index in [0.717, 1.165) is 10.8 Å². The topological polar surface area (TPSA) is 96.4 Å². The molecule has 2 aromatic carbocycles. The molecule has 5 atom stereocenters. The van der Waals surface area contributed by atoms with Crippen LogP contribution in [0.2, 0.25) is 0 Å². The zero-order valence-corrected chi connectivity index (χ0v) is 23.1. The van der Waals surface area contributed by atoms with Crippen LogP contribution in [0.5, 0.6) is 0 Å². The monoisotopic (exact) mass is 546 g/mol. The maximum Gasteiger partial charge on any atom is 0.313 e. The highest BCUT2D eigenvalue weighted by Gasteiger charge is 2.79. The lowest BCUT2D eigenvalue weighted by Crippen LogP contribution is -2.56. The summed E-state index contributed by atoms with van der Waals surface area (Å²) in [6.45, 7) is 10.0. The third kappa shape index (κ3) is 4.34. The number of unbranched alkanes of at least 4 members (excludes halogenated alkanes) is 1. The van der Waals surface area contributed by atoms with E-state index in [9.17, 15) is 19.5 Å². The van der Waals surface area contributed by atoms with Crippen LogP contribution in [0.4, 0.5) is 5.69 Å². The summed E-state index contributed by atoms with van der Waals surface area (Å²) in [5.74, 6) is -2.62. The molecule has 3 aliphatic rings. The quantitative estimate of drug-likeness (QED) is 0.246. The Hall–Kier alpha value is -3.49. The van der Waals surface area contributed by atoms with Crippen molar-refractivity contribution in [3.05, 3.63) is 67.8 Å². The number of anilines is 1. The van der Waals surface area contributed by atoms with Crippen molar-refractivity contribution in [3.8, 4) is 0 Å². The van der Waals surface area contributed by atoms with Crippen molar-refractivity contribution in [1.82, 2.24) is 4.90 Å². The van der Waals surface area contributed by atoms with Crippen LogP contribution >= 0.6 is 0 Å². The molecule has 2 amide bonds. The van der Waals surface area contributed by atoms with Gasteiger partial charge in [-0.1, -0.05) is 56.0 Å². The number of carbonyl (C=O) groups is 3. The van der Waals surface area contributed by atoms with Gasteiger partial charge >= 0.3 is 5.97 Å². The number of esters is 1. The van der Waals surface area contributed by atoms with E-state index in [1.54, 1.807) is 15.9 Å². The number of hydrogen-bond donors (Lipinski definition) is 1. The van der Waals surface area contributed by atoms with E-state index in [1.807, 2.05) is 49.4 Å². The maximum absolute atomic E-state index is 14.7. The minimum absolute atomic E-state index is 0.0131. The summed E-state index contributed by atoms with van der Waals surface area (Å²) >= 11 is 0. The smallest absolute Gasteiger partial charge is 0.313 e. The zero-order chi connectivity index (χ0) is 28.5. The third-order valence-electron chi connectivity index (χ3n) is 8.94. The summed E-state index contributed by atoms with van der Waals surface area (Å²) < 4.78 is 12.3. The van der Waals surface area contributed by atoms with Crippen LogP contribution < -0.4 is 4.90 Å². The first-order valence-corrected chi connectivity index (χ1v) is 14.2. The molecule has 8 nitrogen and oxygen atoms in total. The lowest BCUT2D eigenvalue weighted by molar-refractivity contribution is -0.159. The Morgan fingerprint density at radius 2 is 1.93 bits per heavy atom. The Balaban J connectivity index is 1.58. The molecular formula is C32H38N2O6. The standard InChI is InChI=1S/C32H38N2O6/c1-4-17-33(24-14-13-22-11-7-8-12-23(22)21-24)29(37)27-32-16-15-31(6-3,40-32)26(30(38)39-20-5-2)25(32)28(36)34(27)18-9-10-19-35/h4-5,7-8,11-14,21,25-27,35H,1-2,6,9-10,15-20H2,3H3/t25-,26-,27?,31+,32?/m0/s1. The molecule has 1 N–H and O–H groups in total. The molecule has 1 spiro atoms. The van der Waals surface area contributed by atoms with Crippen molar-refractivity contribution in [1.29, 1.82) is 0 Å². The first-order chi connectivity index (χ1) is 19.4. The van der Waals surface area contributed by atoms with E-state index in [4.69, 9.17) is 9.47 Å². The van der Waals surface area contributed by atoms with E-state index in [-0.39, 0.29) is 38.1 Å². The summed E-state index contributed by atoms with van der Waals surface area (Å²) in [7, 11) is 0. The Morgan fingerprint density at radius 3 is 2.62 bits per heavy atom. The number of rotatable bonds is 12. The fourth-order valence-electron chi connectivity index (χ4n) is 7.17. The van der Waals surface area contributed by atoms with Gasteiger partial charge < -0.3 is 24.4 Å². The van der Waals surface area contributed by atoms with Crippen LogP contribution in [0.25, 0.3) is 10.8 Å². The van der Waals surface area contributed by atoms with Crippen LogP contribution in [0.1, 0.15) is 39.0 Å². The fourth-order valence-corrected chi connectivity index (χ4v) is 7.17. The van der Waals surface area contributed by atoms with Gasteiger partial charge in [0.25, 0.3) is 5.91 Å². The van der Waals surface area contributed by atoms with E-state index >= 15 is 0 Å². The van der Waals surface area contributed by atoms with Gasteiger partial charge in [-0.25, -0.2) is 0 Å². The molecule has 0 aromatic heterocycles. The Morgan fingerprint density at radius 1 is 1.15 bits per heavy atom. The molecule has 3 aliphatic heterocycles. The fraction of sp³-hybridized carbons (Fsp3) is 0.469. The van der Waals surface area contributed by atoms with Crippen LogP contribution in [-0.4, -0.2) is 71.3 Å². The molecule has 5 rings (SSSR count). The molecule has 0 aliphatic carbocycles. The van der Waals surface area contributed by atoms with Gasteiger partial charge in [-0.05, 0) is 55.0 Å². The summed E-state index contributed by atoms with van der Waals surface area (Å²) in [4.78, 5) is 45.5. The zero-order valence-electron chi connectivity index (χ0n) is 23.1. The number of hydrogen-bond acceptors (Lipinski definition) is 6. The van der Waals surface area contributed by atoms with Gasteiger partial charge in [0.2, 0.25) is 5.91 Å². The molecule has 212 valence electrons. The summed E-state index contributed by atoms with van der Waals surface area (Å²) in [5.41, 5.74) is -1.30. The van der Waals surface area contributed by atoms with Crippen molar-refractivity contribution in [2.75, 3.05) is 31.2 Å². The van der Waals surface area contributed by atoms with E-state index in [0.29, 0.717) is 37.8 Å². The number of nitrogens with zero attached hydrogens (tertiary/aromatic N) is 2. The number of fused-ring (bicyclic) bond motifs is 2. The SMILES string of the molecule is C=CCOC(=O)[C@@H]1[C@H]2C(=O)N(CCCCO)C(C(=O)N(CC=C)c3ccc4ccccc4c3)C23CC[C@@]1(CC)O3. The van der Waals surface area contributed by atoms with Crippen LogP contribution in [0.3, 0.4) is 0 Å². The predicted octanol–water partition coefficient (Wildman–Crippen LogP) is 4.02. The predicted molar refractivity (Wildman–Crippen MR) is 153 cm³/mol. The van der Waals surface area contributed by atoms with Gasteiger partial charge in [-0.15, -0.1) is 6.58 Å². The van der Waals surface area contributed by atoms with E-state index in [2.05, 4.69) is 13.2 Å². The summed E-state index contributed by atoms with van der Waals surface area (Å²) in [5, 5.41) is 11.5. The minimum Gasteiger partial charge on any atom is -0.461 e.